The maximum atomic E-state index is 12.5. The van der Waals surface area contributed by atoms with E-state index in [0.29, 0.717) is 35.8 Å². The molecule has 0 heterocycles. The van der Waals surface area contributed by atoms with E-state index in [4.69, 9.17) is 9.47 Å². The number of carbonyl (C=O) groups is 2. The first-order valence-electron chi connectivity index (χ1n) is 10.1. The van der Waals surface area contributed by atoms with Gasteiger partial charge in [0.25, 0.3) is 5.91 Å². The average Bonchev–Trinajstić information content (AvgIpc) is 2.74. The lowest BCUT2D eigenvalue weighted by molar-refractivity contribution is -0.906. The number of amides is 1. The van der Waals surface area contributed by atoms with Crippen LogP contribution in [0.3, 0.4) is 0 Å². The standard InChI is InChI=1S/C23H30N2O4/c1-5-25(4,6-2)16-17-29-23(27)18-12-14-19(15-13-18)24-22(26)20-10-8-9-11-21(20)28-7-3/h8-15H,5-7,16-17H2,1-4H3/p+1. The maximum Gasteiger partial charge on any atom is 0.338 e. The number of nitrogens with one attached hydrogen (secondary N) is 1. The molecule has 2 aromatic carbocycles. The number of rotatable bonds is 10. The molecule has 0 atom stereocenters. The zero-order valence-corrected chi connectivity index (χ0v) is 17.7. The zero-order chi connectivity index (χ0) is 21.3. The molecule has 0 bridgehead atoms. The van der Waals surface area contributed by atoms with Crippen LogP contribution in [0.2, 0.25) is 0 Å². The van der Waals surface area contributed by atoms with E-state index in [1.807, 2.05) is 13.0 Å². The van der Waals surface area contributed by atoms with Crippen molar-refractivity contribution in [3.8, 4) is 5.75 Å². The normalized spacial score (nSPS) is 11.0. The molecule has 0 aromatic heterocycles. The molecule has 6 nitrogen and oxygen atoms in total. The van der Waals surface area contributed by atoms with Gasteiger partial charge in [-0.1, -0.05) is 12.1 Å². The minimum Gasteiger partial charge on any atom is -0.493 e. The SMILES string of the molecule is CCOc1ccccc1C(=O)Nc1ccc(C(=O)OCC[N+](C)(CC)CC)cc1. The van der Waals surface area contributed by atoms with E-state index in [1.165, 1.54) is 0 Å². The molecule has 0 aliphatic carbocycles. The Labute approximate surface area is 173 Å². The number of carbonyl (C=O) groups excluding carboxylic acids is 2. The number of ether oxygens (including phenoxy) is 2. The predicted molar refractivity (Wildman–Crippen MR) is 114 cm³/mol. The van der Waals surface area contributed by atoms with E-state index in [9.17, 15) is 9.59 Å². The van der Waals surface area contributed by atoms with Crippen molar-refractivity contribution in [1.82, 2.24) is 0 Å². The van der Waals surface area contributed by atoms with Gasteiger partial charge in [-0.25, -0.2) is 4.79 Å². The molecule has 0 fully saturated rings. The van der Waals surface area contributed by atoms with Crippen LogP contribution in [0.4, 0.5) is 5.69 Å². The van der Waals surface area contributed by atoms with Crippen molar-refractivity contribution in [1.29, 1.82) is 0 Å². The Morgan fingerprint density at radius 3 is 2.24 bits per heavy atom. The summed E-state index contributed by atoms with van der Waals surface area (Å²) in [6.45, 7) is 9.77. The first kappa shape index (κ1) is 22.4. The van der Waals surface area contributed by atoms with Crippen molar-refractivity contribution in [3.63, 3.8) is 0 Å². The fourth-order valence-corrected chi connectivity index (χ4v) is 2.81. The number of likely N-dealkylation sites (N-methyl/N-ethyl adjacent to an activating group) is 1. The number of hydrogen-bond acceptors (Lipinski definition) is 4. The summed E-state index contributed by atoms with van der Waals surface area (Å²) in [5.41, 5.74) is 1.52. The van der Waals surface area contributed by atoms with E-state index >= 15 is 0 Å². The van der Waals surface area contributed by atoms with E-state index in [-0.39, 0.29) is 11.9 Å². The van der Waals surface area contributed by atoms with Crippen LogP contribution >= 0.6 is 0 Å². The summed E-state index contributed by atoms with van der Waals surface area (Å²) in [5.74, 6) is -0.0823. The topological polar surface area (TPSA) is 64.6 Å². The Bertz CT molecular complexity index is 814. The van der Waals surface area contributed by atoms with Gasteiger partial charge in [-0.05, 0) is 57.2 Å². The summed E-state index contributed by atoms with van der Waals surface area (Å²) in [6, 6.07) is 13.8. The Morgan fingerprint density at radius 1 is 0.966 bits per heavy atom. The first-order valence-corrected chi connectivity index (χ1v) is 10.1. The molecule has 156 valence electrons. The van der Waals surface area contributed by atoms with Crippen LogP contribution in [0.1, 0.15) is 41.5 Å². The van der Waals surface area contributed by atoms with Gasteiger partial charge in [0.1, 0.15) is 18.9 Å². The fraction of sp³-hybridized carbons (Fsp3) is 0.391. The monoisotopic (exact) mass is 399 g/mol. The van der Waals surface area contributed by atoms with Gasteiger partial charge in [0, 0.05) is 5.69 Å². The second-order valence-electron chi connectivity index (χ2n) is 7.07. The van der Waals surface area contributed by atoms with Gasteiger partial charge in [0.15, 0.2) is 0 Å². The number of nitrogens with zero attached hydrogens (tertiary/aromatic N) is 1. The lowest BCUT2D eigenvalue weighted by Gasteiger charge is -2.31. The van der Waals surface area contributed by atoms with Gasteiger partial charge in [-0.3, -0.25) is 4.79 Å². The number of para-hydroxylation sites is 1. The quantitative estimate of drug-likeness (QED) is 0.485. The molecule has 0 saturated carbocycles. The van der Waals surface area contributed by atoms with Crippen LogP contribution in [0, 0.1) is 0 Å². The van der Waals surface area contributed by atoms with Crippen LogP contribution in [0.25, 0.3) is 0 Å². The molecule has 0 spiro atoms. The second-order valence-corrected chi connectivity index (χ2v) is 7.07. The summed E-state index contributed by atoms with van der Waals surface area (Å²) in [6.07, 6.45) is 0. The smallest absolute Gasteiger partial charge is 0.338 e. The van der Waals surface area contributed by atoms with Crippen molar-refractivity contribution < 1.29 is 23.5 Å². The molecule has 1 N–H and O–H groups in total. The summed E-state index contributed by atoms with van der Waals surface area (Å²) < 4.78 is 11.8. The Morgan fingerprint density at radius 2 is 1.62 bits per heavy atom. The third-order valence-electron chi connectivity index (χ3n) is 5.20. The van der Waals surface area contributed by atoms with Crippen LogP contribution < -0.4 is 10.1 Å². The molecule has 2 aromatic rings. The van der Waals surface area contributed by atoms with Gasteiger partial charge in [-0.2, -0.15) is 0 Å². The number of benzene rings is 2. The summed E-state index contributed by atoms with van der Waals surface area (Å²) in [5, 5.41) is 2.83. The minimum absolute atomic E-state index is 0.263. The van der Waals surface area contributed by atoms with Crippen LogP contribution in [0.5, 0.6) is 5.75 Å². The highest BCUT2D eigenvalue weighted by atomic mass is 16.5. The molecule has 0 saturated heterocycles. The second kappa shape index (κ2) is 10.6. The third kappa shape index (κ3) is 6.32. The summed E-state index contributed by atoms with van der Waals surface area (Å²) >= 11 is 0. The van der Waals surface area contributed by atoms with Crippen molar-refractivity contribution in [2.75, 3.05) is 45.2 Å². The number of quaternary nitrogens is 1. The Kier molecular flexibility index (Phi) is 8.21. The molecule has 29 heavy (non-hydrogen) atoms. The van der Waals surface area contributed by atoms with Crippen LogP contribution in [-0.4, -0.2) is 56.3 Å². The van der Waals surface area contributed by atoms with Crippen molar-refractivity contribution in [3.05, 3.63) is 59.7 Å². The van der Waals surface area contributed by atoms with Crippen LogP contribution in [0.15, 0.2) is 48.5 Å². The largest absolute Gasteiger partial charge is 0.493 e. The highest BCUT2D eigenvalue weighted by molar-refractivity contribution is 6.06. The lowest BCUT2D eigenvalue weighted by atomic mass is 10.1. The highest BCUT2D eigenvalue weighted by Crippen LogP contribution is 2.20. The molecule has 0 aliphatic heterocycles. The number of hydrogen-bond donors (Lipinski definition) is 1. The van der Waals surface area contributed by atoms with E-state index in [2.05, 4.69) is 26.2 Å². The van der Waals surface area contributed by atoms with Crippen molar-refractivity contribution in [2.24, 2.45) is 0 Å². The average molecular weight is 400 g/mol. The van der Waals surface area contributed by atoms with Gasteiger partial charge in [0.05, 0.1) is 37.9 Å². The van der Waals surface area contributed by atoms with Gasteiger partial charge >= 0.3 is 5.97 Å². The van der Waals surface area contributed by atoms with Crippen LogP contribution in [-0.2, 0) is 4.74 Å². The molecule has 1 amide bonds. The molecule has 0 unspecified atom stereocenters. The molecule has 6 heteroatoms. The summed E-state index contributed by atoms with van der Waals surface area (Å²) in [4.78, 5) is 24.8. The summed E-state index contributed by atoms with van der Waals surface area (Å²) in [7, 11) is 2.15. The van der Waals surface area contributed by atoms with Gasteiger partial charge in [0.2, 0.25) is 0 Å². The first-order chi connectivity index (χ1) is 13.9. The van der Waals surface area contributed by atoms with Gasteiger partial charge in [-0.15, -0.1) is 0 Å². The van der Waals surface area contributed by atoms with E-state index in [1.54, 1.807) is 42.5 Å². The number of anilines is 1. The molecular weight excluding hydrogens is 368 g/mol. The molecular formula is C23H31N2O4+. The Balaban J connectivity index is 1.94. The molecule has 0 radical (unpaired) electrons. The third-order valence-corrected chi connectivity index (χ3v) is 5.20. The predicted octanol–water partition coefficient (Wildman–Crippen LogP) is 3.98. The van der Waals surface area contributed by atoms with Gasteiger partial charge < -0.3 is 19.3 Å². The number of esters is 1. The lowest BCUT2D eigenvalue weighted by Crippen LogP contribution is -2.46. The maximum absolute atomic E-state index is 12.5. The van der Waals surface area contributed by atoms with E-state index in [0.717, 1.165) is 24.1 Å². The molecule has 0 aliphatic rings. The molecule has 2 rings (SSSR count). The van der Waals surface area contributed by atoms with Crippen molar-refractivity contribution >= 4 is 17.6 Å². The van der Waals surface area contributed by atoms with Crippen molar-refractivity contribution in [2.45, 2.75) is 20.8 Å². The fourth-order valence-electron chi connectivity index (χ4n) is 2.81. The zero-order valence-electron chi connectivity index (χ0n) is 17.7. The van der Waals surface area contributed by atoms with E-state index < -0.39 is 0 Å². The highest BCUT2D eigenvalue weighted by Gasteiger charge is 2.17. The minimum atomic E-state index is -0.358. The Hall–Kier alpha value is -2.86.